The summed E-state index contributed by atoms with van der Waals surface area (Å²) < 4.78 is 15.3. The molecule has 26 heavy (non-hydrogen) atoms. The zero-order valence-electron chi connectivity index (χ0n) is 14.6. The smallest absolute Gasteiger partial charge is 0.173 e. The van der Waals surface area contributed by atoms with Crippen LogP contribution < -0.4 is 0 Å². The standard InChI is InChI=1S/C18H21FN6S/c1-23-8-10-24(11-9-23)17(14-4-6-15(19)7-5-14)18-20-21-22-25(18)13-16-3-2-12-26-16/h2-7,12,17H,8-11,13H2,1H3/t17-/m0/s1. The molecule has 2 aromatic heterocycles. The van der Waals surface area contributed by atoms with Crippen LogP contribution in [0.2, 0.25) is 0 Å². The number of thiophene rings is 1. The van der Waals surface area contributed by atoms with Gasteiger partial charge in [-0.25, -0.2) is 9.07 Å². The van der Waals surface area contributed by atoms with E-state index < -0.39 is 0 Å². The molecule has 1 saturated heterocycles. The molecule has 0 N–H and O–H groups in total. The molecule has 0 radical (unpaired) electrons. The summed E-state index contributed by atoms with van der Waals surface area (Å²) in [5, 5.41) is 14.5. The second kappa shape index (κ2) is 7.61. The Bertz CT molecular complexity index is 824. The summed E-state index contributed by atoms with van der Waals surface area (Å²) in [6.07, 6.45) is 0. The van der Waals surface area contributed by atoms with Crippen LogP contribution in [0.5, 0.6) is 0 Å². The summed E-state index contributed by atoms with van der Waals surface area (Å²) in [7, 11) is 2.13. The lowest BCUT2D eigenvalue weighted by Crippen LogP contribution is -2.46. The van der Waals surface area contributed by atoms with Crippen LogP contribution in [0.4, 0.5) is 4.39 Å². The minimum atomic E-state index is -0.232. The highest BCUT2D eigenvalue weighted by Gasteiger charge is 2.30. The third-order valence-corrected chi connectivity index (χ3v) is 5.64. The van der Waals surface area contributed by atoms with Crippen molar-refractivity contribution in [2.45, 2.75) is 12.6 Å². The van der Waals surface area contributed by atoms with E-state index >= 15 is 0 Å². The first-order chi connectivity index (χ1) is 12.7. The maximum atomic E-state index is 13.5. The summed E-state index contributed by atoms with van der Waals surface area (Å²) in [5.74, 6) is 0.568. The molecule has 0 amide bonds. The number of rotatable bonds is 5. The van der Waals surface area contributed by atoms with Crippen molar-refractivity contribution in [1.82, 2.24) is 30.0 Å². The van der Waals surface area contributed by atoms with E-state index in [0.717, 1.165) is 37.6 Å². The van der Waals surface area contributed by atoms with Gasteiger partial charge in [0.15, 0.2) is 5.82 Å². The number of piperazine rings is 1. The average Bonchev–Trinajstić information content (AvgIpc) is 3.32. The molecule has 6 nitrogen and oxygen atoms in total. The van der Waals surface area contributed by atoms with E-state index in [-0.39, 0.29) is 11.9 Å². The quantitative estimate of drug-likeness (QED) is 0.688. The average molecular weight is 372 g/mol. The van der Waals surface area contributed by atoms with Gasteiger partial charge >= 0.3 is 0 Å². The normalized spacial score (nSPS) is 17.5. The van der Waals surface area contributed by atoms with Gasteiger partial charge in [-0.15, -0.1) is 16.4 Å². The predicted molar refractivity (Wildman–Crippen MR) is 98.6 cm³/mol. The summed E-state index contributed by atoms with van der Waals surface area (Å²) in [6, 6.07) is 10.7. The SMILES string of the molecule is CN1CCN([C@@H](c2ccc(F)cc2)c2nnnn2Cc2cccs2)CC1. The number of benzene rings is 1. The van der Waals surface area contributed by atoms with E-state index in [1.54, 1.807) is 11.3 Å². The molecule has 0 aliphatic carbocycles. The van der Waals surface area contributed by atoms with Crippen molar-refractivity contribution in [3.63, 3.8) is 0 Å². The lowest BCUT2D eigenvalue weighted by Gasteiger charge is -2.37. The van der Waals surface area contributed by atoms with Crippen LogP contribution in [-0.4, -0.2) is 63.2 Å². The highest BCUT2D eigenvalue weighted by molar-refractivity contribution is 7.09. The summed E-state index contributed by atoms with van der Waals surface area (Å²) in [6.45, 7) is 4.47. The van der Waals surface area contributed by atoms with Gasteiger partial charge in [0.2, 0.25) is 0 Å². The van der Waals surface area contributed by atoms with Crippen LogP contribution in [0.3, 0.4) is 0 Å². The number of aromatic nitrogens is 4. The van der Waals surface area contributed by atoms with Gasteiger partial charge in [0.25, 0.3) is 0 Å². The van der Waals surface area contributed by atoms with Gasteiger partial charge in [0, 0.05) is 31.1 Å². The van der Waals surface area contributed by atoms with Gasteiger partial charge in [-0.2, -0.15) is 0 Å². The van der Waals surface area contributed by atoms with Crippen molar-refractivity contribution >= 4 is 11.3 Å². The largest absolute Gasteiger partial charge is 0.304 e. The van der Waals surface area contributed by atoms with E-state index in [1.165, 1.54) is 17.0 Å². The Morgan fingerprint density at radius 2 is 1.88 bits per heavy atom. The highest BCUT2D eigenvalue weighted by atomic mass is 32.1. The molecule has 1 atom stereocenters. The molecular formula is C18H21FN6S. The van der Waals surface area contributed by atoms with E-state index in [0.29, 0.717) is 6.54 Å². The molecule has 0 unspecified atom stereocenters. The van der Waals surface area contributed by atoms with Gasteiger partial charge in [0.05, 0.1) is 12.6 Å². The molecule has 4 rings (SSSR count). The van der Waals surface area contributed by atoms with E-state index in [4.69, 9.17) is 0 Å². The third kappa shape index (κ3) is 3.67. The lowest BCUT2D eigenvalue weighted by atomic mass is 10.0. The molecule has 0 bridgehead atoms. The maximum absolute atomic E-state index is 13.5. The van der Waals surface area contributed by atoms with E-state index in [1.807, 2.05) is 22.9 Å². The molecule has 1 aliphatic rings. The van der Waals surface area contributed by atoms with E-state index in [9.17, 15) is 4.39 Å². The number of nitrogens with zero attached hydrogens (tertiary/aromatic N) is 6. The number of halogens is 1. The van der Waals surface area contributed by atoms with Crippen LogP contribution in [0.25, 0.3) is 0 Å². The summed E-state index contributed by atoms with van der Waals surface area (Å²) in [5.41, 5.74) is 1.01. The Morgan fingerprint density at radius 3 is 2.58 bits per heavy atom. The number of hydrogen-bond acceptors (Lipinski definition) is 6. The number of hydrogen-bond donors (Lipinski definition) is 0. The molecular weight excluding hydrogens is 351 g/mol. The molecule has 8 heteroatoms. The first kappa shape index (κ1) is 17.3. The van der Waals surface area contributed by atoms with Crippen LogP contribution in [0.15, 0.2) is 41.8 Å². The second-order valence-electron chi connectivity index (χ2n) is 6.57. The van der Waals surface area contributed by atoms with Gasteiger partial charge < -0.3 is 4.90 Å². The van der Waals surface area contributed by atoms with Gasteiger partial charge in [-0.05, 0) is 46.6 Å². The Morgan fingerprint density at radius 1 is 1.12 bits per heavy atom. The first-order valence-electron chi connectivity index (χ1n) is 8.67. The Kier molecular flexibility index (Phi) is 5.05. The topological polar surface area (TPSA) is 50.1 Å². The fourth-order valence-corrected chi connectivity index (χ4v) is 4.00. The Balaban J connectivity index is 1.69. The van der Waals surface area contributed by atoms with Crippen LogP contribution in [0.1, 0.15) is 22.3 Å². The van der Waals surface area contributed by atoms with Crippen molar-refractivity contribution in [1.29, 1.82) is 0 Å². The van der Waals surface area contributed by atoms with E-state index in [2.05, 4.69) is 43.8 Å². The van der Waals surface area contributed by atoms with Crippen molar-refractivity contribution in [2.24, 2.45) is 0 Å². The van der Waals surface area contributed by atoms with Crippen molar-refractivity contribution in [3.8, 4) is 0 Å². The Labute approximate surface area is 155 Å². The molecule has 3 heterocycles. The van der Waals surface area contributed by atoms with Crippen LogP contribution in [0, 0.1) is 5.82 Å². The van der Waals surface area contributed by atoms with Crippen LogP contribution in [-0.2, 0) is 6.54 Å². The molecule has 0 saturated carbocycles. The molecule has 1 aliphatic heterocycles. The lowest BCUT2D eigenvalue weighted by molar-refractivity contribution is 0.121. The first-order valence-corrected chi connectivity index (χ1v) is 9.55. The minimum Gasteiger partial charge on any atom is -0.304 e. The van der Waals surface area contributed by atoms with Crippen molar-refractivity contribution in [3.05, 3.63) is 63.9 Å². The third-order valence-electron chi connectivity index (χ3n) is 4.78. The molecule has 1 fully saturated rings. The number of tetrazole rings is 1. The zero-order valence-corrected chi connectivity index (χ0v) is 15.4. The van der Waals surface area contributed by atoms with Gasteiger partial charge in [-0.1, -0.05) is 18.2 Å². The van der Waals surface area contributed by atoms with Crippen molar-refractivity contribution in [2.75, 3.05) is 33.2 Å². The molecule has 0 spiro atoms. The minimum absolute atomic E-state index is 0.0840. The number of likely N-dealkylation sites (N-methyl/N-ethyl adjacent to an activating group) is 1. The molecule has 136 valence electrons. The van der Waals surface area contributed by atoms with Gasteiger partial charge in [0.1, 0.15) is 5.82 Å². The fourth-order valence-electron chi connectivity index (χ4n) is 3.32. The Hall–Kier alpha value is -2.16. The van der Waals surface area contributed by atoms with Crippen molar-refractivity contribution < 1.29 is 4.39 Å². The molecule has 1 aromatic carbocycles. The highest BCUT2D eigenvalue weighted by Crippen LogP contribution is 2.28. The zero-order chi connectivity index (χ0) is 17.9. The fraction of sp³-hybridized carbons (Fsp3) is 0.389. The second-order valence-corrected chi connectivity index (χ2v) is 7.60. The van der Waals surface area contributed by atoms with Gasteiger partial charge in [-0.3, -0.25) is 4.90 Å². The maximum Gasteiger partial charge on any atom is 0.173 e. The molecule has 3 aromatic rings. The van der Waals surface area contributed by atoms with Crippen LogP contribution >= 0.6 is 11.3 Å². The monoisotopic (exact) mass is 372 g/mol. The summed E-state index contributed by atoms with van der Waals surface area (Å²) >= 11 is 1.69. The summed E-state index contributed by atoms with van der Waals surface area (Å²) in [4.78, 5) is 5.89. The predicted octanol–water partition coefficient (Wildman–Crippen LogP) is 2.26.